The Morgan fingerprint density at radius 2 is 1.25 bits per heavy atom. The summed E-state index contributed by atoms with van der Waals surface area (Å²) < 4.78 is 39.8. The van der Waals surface area contributed by atoms with Crippen LogP contribution in [-0.2, 0) is 44.4 Å². The summed E-state index contributed by atoms with van der Waals surface area (Å²) in [6.07, 6.45) is -22.8. The van der Waals surface area contributed by atoms with E-state index in [0.29, 0.717) is 5.56 Å². The van der Waals surface area contributed by atoms with Crippen LogP contribution in [0.25, 0.3) is 6.08 Å². The highest BCUT2D eigenvalue weighted by Gasteiger charge is 2.54. The molecular formula is C35H46O20. The SMILES string of the molecule is CC1OC(OC2C(O)C(OCCc3ccc(O)c(O)c3)OC(CO)C2OC(=O)C=Cc2ccc(O)c(O)c2)C(O)C(OC2OC(CO)C(O)C(O)C2O)C1O. The maximum Gasteiger partial charge on any atom is 0.331 e. The average molecular weight is 787 g/mol. The zero-order valence-corrected chi connectivity index (χ0v) is 29.2. The molecule has 15 atom stereocenters. The largest absolute Gasteiger partial charge is 0.504 e. The summed E-state index contributed by atoms with van der Waals surface area (Å²) in [7, 11) is 0. The van der Waals surface area contributed by atoms with E-state index in [1.807, 2.05) is 0 Å². The maximum atomic E-state index is 13.1. The van der Waals surface area contributed by atoms with Gasteiger partial charge < -0.3 is 94.4 Å². The normalized spacial score (nSPS) is 36.9. The molecule has 2 aromatic rings. The maximum absolute atomic E-state index is 13.1. The summed E-state index contributed by atoms with van der Waals surface area (Å²) in [5.41, 5.74) is 0.815. The Kier molecular flexibility index (Phi) is 14.3. The van der Waals surface area contributed by atoms with Crippen LogP contribution >= 0.6 is 0 Å². The monoisotopic (exact) mass is 786 g/mol. The van der Waals surface area contributed by atoms with E-state index in [0.717, 1.165) is 12.1 Å². The van der Waals surface area contributed by atoms with E-state index in [9.17, 15) is 66.1 Å². The minimum Gasteiger partial charge on any atom is -0.504 e. The van der Waals surface area contributed by atoms with Crippen LogP contribution in [-0.4, -0.2) is 179 Å². The third kappa shape index (κ3) is 9.82. The van der Waals surface area contributed by atoms with E-state index in [-0.39, 0.29) is 30.1 Å². The van der Waals surface area contributed by atoms with Gasteiger partial charge >= 0.3 is 5.97 Å². The standard InChI is InChI=1S/C35H46O20/c1-14-24(43)31(54-34-27(46)26(45)25(44)21(12-36)51-34)28(47)35(50-14)55-32-29(48)33(49-9-8-16-3-6-18(39)20(41)11-16)52-22(13-37)30(32)53-23(42)7-4-15-2-5-17(38)19(40)10-15/h2-7,10-11,14,21-22,24-41,43-48H,8-9,12-13H2,1H3. The van der Waals surface area contributed by atoms with Crippen LogP contribution in [0.3, 0.4) is 0 Å². The summed E-state index contributed by atoms with van der Waals surface area (Å²) in [6, 6.07) is 7.81. The molecule has 0 bridgehead atoms. The molecule has 0 aliphatic carbocycles. The number of carbonyl (C=O) groups is 1. The van der Waals surface area contributed by atoms with Crippen LogP contribution in [0.15, 0.2) is 42.5 Å². The van der Waals surface area contributed by atoms with Gasteiger partial charge in [-0.25, -0.2) is 4.79 Å². The highest BCUT2D eigenvalue weighted by atomic mass is 16.8. The van der Waals surface area contributed by atoms with E-state index < -0.39 is 123 Å². The second-order valence-electron chi connectivity index (χ2n) is 13.2. The molecule has 3 aliphatic heterocycles. The molecular weight excluding hydrogens is 740 g/mol. The Morgan fingerprint density at radius 1 is 0.655 bits per heavy atom. The van der Waals surface area contributed by atoms with Crippen molar-refractivity contribution in [3.05, 3.63) is 53.6 Å². The molecule has 3 fully saturated rings. The number of carbonyl (C=O) groups excluding carboxylic acids is 1. The number of hydrogen-bond donors (Lipinski definition) is 12. The van der Waals surface area contributed by atoms with Gasteiger partial charge in [0.05, 0.1) is 25.9 Å². The van der Waals surface area contributed by atoms with Crippen molar-refractivity contribution in [2.24, 2.45) is 0 Å². The van der Waals surface area contributed by atoms with E-state index in [1.54, 1.807) is 0 Å². The number of rotatable bonds is 13. The molecule has 2 aromatic carbocycles. The molecule has 5 rings (SSSR count). The molecule has 15 unspecified atom stereocenters. The summed E-state index contributed by atoms with van der Waals surface area (Å²) in [6.45, 7) is -0.390. The third-order valence-corrected chi connectivity index (χ3v) is 9.38. The Bertz CT molecular complexity index is 1610. The molecule has 20 heteroatoms. The second-order valence-corrected chi connectivity index (χ2v) is 13.2. The number of benzene rings is 2. The zero-order chi connectivity index (χ0) is 40.1. The Labute approximate surface area is 313 Å². The lowest BCUT2D eigenvalue weighted by molar-refractivity contribution is -0.378. The molecule has 0 radical (unpaired) electrons. The lowest BCUT2D eigenvalue weighted by Gasteiger charge is -2.48. The van der Waals surface area contributed by atoms with Crippen molar-refractivity contribution in [1.82, 2.24) is 0 Å². The Morgan fingerprint density at radius 3 is 1.91 bits per heavy atom. The fourth-order valence-electron chi connectivity index (χ4n) is 6.24. The number of phenolic OH excluding ortho intramolecular Hbond substituents is 4. The second kappa shape index (κ2) is 18.5. The zero-order valence-electron chi connectivity index (χ0n) is 29.2. The molecule has 20 nitrogen and oxygen atoms in total. The molecule has 3 heterocycles. The number of aliphatic hydroxyl groups is 8. The minimum atomic E-state index is -1.96. The number of phenols is 4. The predicted molar refractivity (Wildman–Crippen MR) is 180 cm³/mol. The molecule has 0 aromatic heterocycles. The molecule has 306 valence electrons. The van der Waals surface area contributed by atoms with Crippen molar-refractivity contribution in [2.45, 2.75) is 105 Å². The quantitative estimate of drug-likeness (QED) is 0.0541. The van der Waals surface area contributed by atoms with Crippen molar-refractivity contribution < 1.29 is 99.2 Å². The van der Waals surface area contributed by atoms with E-state index >= 15 is 0 Å². The lowest BCUT2D eigenvalue weighted by Crippen LogP contribution is -2.66. The Hall–Kier alpha value is -3.71. The average Bonchev–Trinajstić information content (AvgIpc) is 3.16. The van der Waals surface area contributed by atoms with Gasteiger partial charge in [0.25, 0.3) is 0 Å². The van der Waals surface area contributed by atoms with Crippen molar-refractivity contribution >= 4 is 12.0 Å². The van der Waals surface area contributed by atoms with Crippen LogP contribution in [0.4, 0.5) is 0 Å². The van der Waals surface area contributed by atoms with E-state index in [4.69, 9.17) is 33.2 Å². The first kappa shape index (κ1) is 42.4. The third-order valence-electron chi connectivity index (χ3n) is 9.38. The minimum absolute atomic E-state index is 0.141. The fraction of sp³-hybridized carbons (Fsp3) is 0.571. The highest BCUT2D eigenvalue weighted by molar-refractivity contribution is 5.87. The molecule has 12 N–H and O–H groups in total. The van der Waals surface area contributed by atoms with Gasteiger partial charge in [-0.15, -0.1) is 0 Å². The lowest BCUT2D eigenvalue weighted by atomic mass is 9.96. The number of hydrogen-bond acceptors (Lipinski definition) is 20. The number of aromatic hydroxyl groups is 4. The fourth-order valence-corrected chi connectivity index (χ4v) is 6.24. The van der Waals surface area contributed by atoms with Gasteiger partial charge in [-0.1, -0.05) is 12.1 Å². The topological polar surface area (TPSA) is 324 Å². The van der Waals surface area contributed by atoms with Crippen LogP contribution in [0.2, 0.25) is 0 Å². The first-order chi connectivity index (χ1) is 26.1. The van der Waals surface area contributed by atoms with Gasteiger partial charge in [-0.3, -0.25) is 0 Å². The van der Waals surface area contributed by atoms with Crippen LogP contribution in [0, 0.1) is 0 Å². The predicted octanol–water partition coefficient (Wildman–Crippen LogP) is -3.19. The van der Waals surface area contributed by atoms with Gasteiger partial charge in [-0.05, 0) is 54.8 Å². The first-order valence-corrected chi connectivity index (χ1v) is 17.2. The smallest absolute Gasteiger partial charge is 0.331 e. The highest BCUT2D eigenvalue weighted by Crippen LogP contribution is 2.34. The number of esters is 1. The van der Waals surface area contributed by atoms with Gasteiger partial charge in [0, 0.05) is 6.08 Å². The van der Waals surface area contributed by atoms with Crippen LogP contribution in [0.5, 0.6) is 23.0 Å². The molecule has 3 aliphatic rings. The Balaban J connectivity index is 1.37. The first-order valence-electron chi connectivity index (χ1n) is 17.2. The van der Waals surface area contributed by atoms with E-state index in [1.165, 1.54) is 43.3 Å². The summed E-state index contributed by atoms with van der Waals surface area (Å²) in [5.74, 6) is -2.62. The van der Waals surface area contributed by atoms with Crippen molar-refractivity contribution in [2.75, 3.05) is 19.8 Å². The van der Waals surface area contributed by atoms with Gasteiger partial charge in [-0.2, -0.15) is 0 Å². The molecule has 0 spiro atoms. The van der Waals surface area contributed by atoms with E-state index in [2.05, 4.69) is 0 Å². The molecule has 0 amide bonds. The molecule has 55 heavy (non-hydrogen) atoms. The molecule has 3 saturated heterocycles. The van der Waals surface area contributed by atoms with Crippen molar-refractivity contribution in [1.29, 1.82) is 0 Å². The molecule has 0 saturated carbocycles. The number of aliphatic hydroxyl groups excluding tert-OH is 8. The number of ether oxygens (including phenoxy) is 7. The van der Waals surface area contributed by atoms with Crippen LogP contribution in [0.1, 0.15) is 18.1 Å². The van der Waals surface area contributed by atoms with Crippen LogP contribution < -0.4 is 0 Å². The van der Waals surface area contributed by atoms with Gasteiger partial charge in [0.15, 0.2) is 48.0 Å². The van der Waals surface area contributed by atoms with Crippen molar-refractivity contribution in [3.63, 3.8) is 0 Å². The summed E-state index contributed by atoms with van der Waals surface area (Å²) in [4.78, 5) is 13.1. The summed E-state index contributed by atoms with van der Waals surface area (Å²) in [5, 5.41) is 123. The van der Waals surface area contributed by atoms with Crippen molar-refractivity contribution in [3.8, 4) is 23.0 Å². The van der Waals surface area contributed by atoms with Gasteiger partial charge in [0.1, 0.15) is 61.0 Å². The van der Waals surface area contributed by atoms with Gasteiger partial charge in [0.2, 0.25) is 0 Å². The summed E-state index contributed by atoms with van der Waals surface area (Å²) >= 11 is 0.